The molecule has 0 amide bonds. The lowest BCUT2D eigenvalue weighted by Gasteiger charge is -2.11. The molecule has 0 aliphatic heterocycles. The van der Waals surface area contributed by atoms with E-state index in [4.69, 9.17) is 4.74 Å². The summed E-state index contributed by atoms with van der Waals surface area (Å²) in [5.74, 6) is 0.671. The molecule has 0 aliphatic rings. The topological polar surface area (TPSA) is 29.5 Å². The largest absolute Gasteiger partial charge is 0.388 e. The highest BCUT2D eigenvalue weighted by atomic mass is 16.5. The quantitative estimate of drug-likeness (QED) is 0.802. The van der Waals surface area contributed by atoms with E-state index in [1.54, 1.807) is 7.11 Å². The Balaban J connectivity index is 2.56. The van der Waals surface area contributed by atoms with E-state index in [2.05, 4.69) is 26.0 Å². The first kappa shape index (κ1) is 13.2. The Morgan fingerprint density at radius 3 is 2.31 bits per heavy atom. The molecule has 0 fully saturated rings. The van der Waals surface area contributed by atoms with E-state index in [1.165, 1.54) is 5.56 Å². The van der Waals surface area contributed by atoms with E-state index in [1.807, 2.05) is 12.1 Å². The third-order valence-electron chi connectivity index (χ3n) is 2.60. The monoisotopic (exact) mass is 222 g/mol. The minimum absolute atomic E-state index is 0.409. The predicted molar refractivity (Wildman–Crippen MR) is 66.4 cm³/mol. The van der Waals surface area contributed by atoms with Gasteiger partial charge < -0.3 is 9.84 Å². The lowest BCUT2D eigenvalue weighted by molar-refractivity contribution is 0.110. The van der Waals surface area contributed by atoms with Crippen molar-refractivity contribution in [1.29, 1.82) is 0 Å². The molecule has 0 saturated heterocycles. The predicted octanol–water partition coefficient (Wildman–Crippen LogP) is 2.96. The summed E-state index contributed by atoms with van der Waals surface area (Å²) in [5, 5.41) is 9.84. The van der Waals surface area contributed by atoms with Crippen LogP contribution in [0.1, 0.15) is 37.5 Å². The van der Waals surface area contributed by atoms with Crippen LogP contribution >= 0.6 is 0 Å². The second-order valence-electron chi connectivity index (χ2n) is 4.64. The number of rotatable bonds is 6. The molecule has 16 heavy (non-hydrogen) atoms. The fourth-order valence-corrected chi connectivity index (χ4v) is 1.74. The third kappa shape index (κ3) is 4.33. The molecule has 0 heterocycles. The van der Waals surface area contributed by atoms with Crippen LogP contribution in [0.3, 0.4) is 0 Å². The molecule has 1 N–H and O–H groups in total. The van der Waals surface area contributed by atoms with Crippen molar-refractivity contribution in [1.82, 2.24) is 0 Å². The van der Waals surface area contributed by atoms with Gasteiger partial charge in [-0.3, -0.25) is 0 Å². The Morgan fingerprint density at radius 2 is 1.81 bits per heavy atom. The lowest BCUT2D eigenvalue weighted by atomic mass is 9.99. The van der Waals surface area contributed by atoms with E-state index >= 15 is 0 Å². The Kier molecular flexibility index (Phi) is 5.50. The van der Waals surface area contributed by atoms with E-state index in [0.717, 1.165) is 12.0 Å². The lowest BCUT2D eigenvalue weighted by Crippen LogP contribution is -2.02. The molecule has 0 aliphatic carbocycles. The summed E-state index contributed by atoms with van der Waals surface area (Å²) in [5.41, 5.74) is 2.31. The van der Waals surface area contributed by atoms with Crippen molar-refractivity contribution in [2.45, 2.75) is 32.8 Å². The maximum Gasteiger partial charge on any atom is 0.0812 e. The fraction of sp³-hybridized carbons (Fsp3) is 0.571. The molecule has 0 bridgehead atoms. The highest BCUT2D eigenvalue weighted by Gasteiger charge is 2.07. The molecule has 0 aromatic heterocycles. The van der Waals surface area contributed by atoms with Crippen molar-refractivity contribution in [3.8, 4) is 0 Å². The van der Waals surface area contributed by atoms with Gasteiger partial charge in [0.2, 0.25) is 0 Å². The minimum atomic E-state index is -0.409. The van der Waals surface area contributed by atoms with E-state index < -0.39 is 6.10 Å². The molecule has 1 unspecified atom stereocenters. The summed E-state index contributed by atoms with van der Waals surface area (Å²) in [6, 6.07) is 8.23. The van der Waals surface area contributed by atoms with Gasteiger partial charge in [-0.2, -0.15) is 0 Å². The number of methoxy groups -OCH3 is 1. The standard InChI is InChI=1S/C14H22O2/c1-11(2)10-12-4-6-13(7-5-12)14(15)8-9-16-3/h4-7,11,14-15H,8-10H2,1-3H3. The van der Waals surface area contributed by atoms with Crippen LogP contribution in [-0.2, 0) is 11.2 Å². The SMILES string of the molecule is COCCC(O)c1ccc(CC(C)C)cc1. The summed E-state index contributed by atoms with van der Waals surface area (Å²) in [7, 11) is 1.65. The van der Waals surface area contributed by atoms with Gasteiger partial charge in [0, 0.05) is 20.1 Å². The molecule has 1 rings (SSSR count). The van der Waals surface area contributed by atoms with Crippen molar-refractivity contribution in [3.63, 3.8) is 0 Å². The van der Waals surface area contributed by atoms with Gasteiger partial charge in [-0.25, -0.2) is 0 Å². The number of aliphatic hydroxyl groups excluding tert-OH is 1. The Morgan fingerprint density at radius 1 is 1.19 bits per heavy atom. The average Bonchev–Trinajstić information content (AvgIpc) is 2.26. The molecule has 1 aromatic carbocycles. The first-order chi connectivity index (χ1) is 7.63. The molecule has 1 atom stereocenters. The van der Waals surface area contributed by atoms with Gasteiger partial charge >= 0.3 is 0 Å². The first-order valence-electron chi connectivity index (χ1n) is 5.89. The minimum Gasteiger partial charge on any atom is -0.388 e. The summed E-state index contributed by atoms with van der Waals surface area (Å²) in [6.07, 6.45) is 1.34. The molecule has 2 nitrogen and oxygen atoms in total. The van der Waals surface area contributed by atoms with Crippen molar-refractivity contribution >= 4 is 0 Å². The molecule has 0 spiro atoms. The highest BCUT2D eigenvalue weighted by molar-refractivity contribution is 5.24. The Labute approximate surface area is 98.3 Å². The summed E-state index contributed by atoms with van der Waals surface area (Å²) in [4.78, 5) is 0. The maximum atomic E-state index is 9.84. The van der Waals surface area contributed by atoms with Gasteiger partial charge in [0.1, 0.15) is 0 Å². The van der Waals surface area contributed by atoms with Crippen LogP contribution in [0.4, 0.5) is 0 Å². The third-order valence-corrected chi connectivity index (χ3v) is 2.60. The molecule has 2 heteroatoms. The molecule has 1 aromatic rings. The summed E-state index contributed by atoms with van der Waals surface area (Å²) < 4.78 is 4.95. The zero-order valence-electron chi connectivity index (χ0n) is 10.4. The van der Waals surface area contributed by atoms with Gasteiger partial charge in [-0.05, 0) is 23.5 Å². The number of hydrogen-bond acceptors (Lipinski definition) is 2. The fourth-order valence-electron chi connectivity index (χ4n) is 1.74. The Hall–Kier alpha value is -0.860. The van der Waals surface area contributed by atoms with E-state index in [9.17, 15) is 5.11 Å². The number of ether oxygens (including phenoxy) is 1. The van der Waals surface area contributed by atoms with Crippen LogP contribution < -0.4 is 0 Å². The molecule has 90 valence electrons. The van der Waals surface area contributed by atoms with Crippen LogP contribution in [0.25, 0.3) is 0 Å². The maximum absolute atomic E-state index is 9.84. The number of hydrogen-bond donors (Lipinski definition) is 1. The van der Waals surface area contributed by atoms with E-state index in [0.29, 0.717) is 18.9 Å². The second-order valence-corrected chi connectivity index (χ2v) is 4.64. The first-order valence-corrected chi connectivity index (χ1v) is 5.89. The second kappa shape index (κ2) is 6.66. The highest BCUT2D eigenvalue weighted by Crippen LogP contribution is 2.18. The Bertz CT molecular complexity index is 290. The van der Waals surface area contributed by atoms with Gasteiger partial charge in [-0.15, -0.1) is 0 Å². The van der Waals surface area contributed by atoms with Gasteiger partial charge in [-0.1, -0.05) is 38.1 Å². The van der Waals surface area contributed by atoms with Crippen LogP contribution in [0.15, 0.2) is 24.3 Å². The van der Waals surface area contributed by atoms with Gasteiger partial charge in [0.05, 0.1) is 6.10 Å². The van der Waals surface area contributed by atoms with Crippen LogP contribution in [0.2, 0.25) is 0 Å². The summed E-state index contributed by atoms with van der Waals surface area (Å²) >= 11 is 0. The van der Waals surface area contributed by atoms with Crippen molar-refractivity contribution in [2.24, 2.45) is 5.92 Å². The van der Waals surface area contributed by atoms with Crippen molar-refractivity contribution < 1.29 is 9.84 Å². The van der Waals surface area contributed by atoms with E-state index in [-0.39, 0.29) is 0 Å². The molecule has 0 radical (unpaired) electrons. The number of benzene rings is 1. The number of aliphatic hydroxyl groups is 1. The smallest absolute Gasteiger partial charge is 0.0812 e. The zero-order valence-corrected chi connectivity index (χ0v) is 10.4. The van der Waals surface area contributed by atoms with Gasteiger partial charge in [0.15, 0.2) is 0 Å². The van der Waals surface area contributed by atoms with Crippen molar-refractivity contribution in [3.05, 3.63) is 35.4 Å². The molecular weight excluding hydrogens is 200 g/mol. The van der Waals surface area contributed by atoms with Crippen LogP contribution in [0, 0.1) is 5.92 Å². The summed E-state index contributed by atoms with van der Waals surface area (Å²) in [6.45, 7) is 5.01. The zero-order chi connectivity index (χ0) is 12.0. The van der Waals surface area contributed by atoms with Crippen LogP contribution in [-0.4, -0.2) is 18.8 Å². The normalized spacial score (nSPS) is 13.1. The van der Waals surface area contributed by atoms with Crippen LogP contribution in [0.5, 0.6) is 0 Å². The molecular formula is C14H22O2. The average molecular weight is 222 g/mol. The molecule has 0 saturated carbocycles. The van der Waals surface area contributed by atoms with Gasteiger partial charge in [0.25, 0.3) is 0 Å². The van der Waals surface area contributed by atoms with Crippen molar-refractivity contribution in [2.75, 3.05) is 13.7 Å².